The van der Waals surface area contributed by atoms with Crippen LogP contribution in [-0.4, -0.2) is 51.7 Å². The molecule has 0 aliphatic carbocycles. The molecule has 0 bridgehead atoms. The van der Waals surface area contributed by atoms with Crippen LogP contribution >= 0.6 is 0 Å². The van der Waals surface area contributed by atoms with Crippen LogP contribution in [0.1, 0.15) is 12.8 Å². The zero-order valence-corrected chi connectivity index (χ0v) is 8.97. The second-order valence-electron chi connectivity index (χ2n) is 4.20. The molecule has 1 saturated heterocycles. The zero-order chi connectivity index (χ0) is 9.52. The molecule has 1 aliphatic heterocycles. The molecule has 0 radical (unpaired) electrons. The molecule has 13 heavy (non-hydrogen) atoms. The normalized spacial score (nSPS) is 19.6. The van der Waals surface area contributed by atoms with Gasteiger partial charge in [0, 0.05) is 13.1 Å². The van der Waals surface area contributed by atoms with E-state index in [0.29, 0.717) is 0 Å². The maximum Gasteiger partial charge on any atom is 0.0101 e. The van der Waals surface area contributed by atoms with Crippen molar-refractivity contribution in [1.82, 2.24) is 15.5 Å². The van der Waals surface area contributed by atoms with Gasteiger partial charge < -0.3 is 15.5 Å². The molecule has 3 nitrogen and oxygen atoms in total. The third-order valence-electron chi connectivity index (χ3n) is 2.63. The summed E-state index contributed by atoms with van der Waals surface area (Å²) in [7, 11) is 4.23. The van der Waals surface area contributed by atoms with Crippen molar-refractivity contribution >= 4 is 0 Å². The number of hydrogen-bond donors (Lipinski definition) is 2. The van der Waals surface area contributed by atoms with Gasteiger partial charge in [0.05, 0.1) is 0 Å². The Morgan fingerprint density at radius 1 is 1.31 bits per heavy atom. The van der Waals surface area contributed by atoms with Gasteiger partial charge in [-0.1, -0.05) is 0 Å². The Hall–Kier alpha value is -0.120. The molecule has 3 heteroatoms. The summed E-state index contributed by atoms with van der Waals surface area (Å²) in [5.41, 5.74) is 0. The lowest BCUT2D eigenvalue weighted by Crippen LogP contribution is -2.35. The average Bonchev–Trinajstić information content (AvgIpc) is 2.14. The number of likely N-dealkylation sites (N-methyl/N-ethyl adjacent to an activating group) is 1. The predicted molar refractivity (Wildman–Crippen MR) is 57.0 cm³/mol. The van der Waals surface area contributed by atoms with Crippen molar-refractivity contribution in [3.05, 3.63) is 0 Å². The van der Waals surface area contributed by atoms with Crippen molar-refractivity contribution in [3.8, 4) is 0 Å². The highest BCUT2D eigenvalue weighted by Gasteiger charge is 2.11. The van der Waals surface area contributed by atoms with Crippen molar-refractivity contribution in [2.75, 3.05) is 46.8 Å². The number of nitrogens with zero attached hydrogens (tertiary/aromatic N) is 1. The standard InChI is InChI=1S/C10H23N3/c1-13(2)8-7-12-9-10-3-5-11-6-4-10/h10-12H,3-9H2,1-2H3. The first-order valence-electron chi connectivity index (χ1n) is 5.35. The van der Waals surface area contributed by atoms with Crippen LogP contribution in [0.4, 0.5) is 0 Å². The second kappa shape index (κ2) is 6.35. The average molecular weight is 185 g/mol. The fraction of sp³-hybridized carbons (Fsp3) is 1.00. The summed E-state index contributed by atoms with van der Waals surface area (Å²) in [4.78, 5) is 2.22. The Kier molecular flexibility index (Phi) is 5.35. The second-order valence-corrected chi connectivity index (χ2v) is 4.20. The van der Waals surface area contributed by atoms with E-state index < -0.39 is 0 Å². The van der Waals surface area contributed by atoms with Crippen LogP contribution in [0.25, 0.3) is 0 Å². The van der Waals surface area contributed by atoms with Gasteiger partial charge in [-0.25, -0.2) is 0 Å². The maximum atomic E-state index is 3.52. The molecule has 78 valence electrons. The lowest BCUT2D eigenvalue weighted by molar-refractivity contribution is 0.341. The molecule has 2 N–H and O–H groups in total. The van der Waals surface area contributed by atoms with Gasteiger partial charge in [-0.3, -0.25) is 0 Å². The Labute approximate surface area is 81.9 Å². The fourth-order valence-electron chi connectivity index (χ4n) is 1.69. The van der Waals surface area contributed by atoms with E-state index in [9.17, 15) is 0 Å². The highest BCUT2D eigenvalue weighted by atomic mass is 15.1. The topological polar surface area (TPSA) is 27.3 Å². The monoisotopic (exact) mass is 185 g/mol. The van der Waals surface area contributed by atoms with Crippen LogP contribution in [0.15, 0.2) is 0 Å². The zero-order valence-electron chi connectivity index (χ0n) is 8.97. The van der Waals surface area contributed by atoms with Gasteiger partial charge in [0.1, 0.15) is 0 Å². The van der Waals surface area contributed by atoms with Gasteiger partial charge in [0.2, 0.25) is 0 Å². The molecule has 1 heterocycles. The minimum absolute atomic E-state index is 0.906. The third-order valence-corrected chi connectivity index (χ3v) is 2.63. The summed E-state index contributed by atoms with van der Waals surface area (Å²) in [6, 6.07) is 0. The molecule has 0 spiro atoms. The van der Waals surface area contributed by atoms with Gasteiger partial charge in [-0.15, -0.1) is 0 Å². The van der Waals surface area contributed by atoms with Gasteiger partial charge >= 0.3 is 0 Å². The van der Waals surface area contributed by atoms with Crippen molar-refractivity contribution in [1.29, 1.82) is 0 Å². The lowest BCUT2D eigenvalue weighted by Gasteiger charge is -2.23. The van der Waals surface area contributed by atoms with Crippen molar-refractivity contribution in [2.45, 2.75) is 12.8 Å². The fourth-order valence-corrected chi connectivity index (χ4v) is 1.69. The van der Waals surface area contributed by atoms with E-state index in [4.69, 9.17) is 0 Å². The van der Waals surface area contributed by atoms with Crippen LogP contribution < -0.4 is 10.6 Å². The summed E-state index contributed by atoms with van der Waals surface area (Å²) >= 11 is 0. The van der Waals surface area contributed by atoms with E-state index in [1.807, 2.05) is 0 Å². The van der Waals surface area contributed by atoms with Gasteiger partial charge in [0.15, 0.2) is 0 Å². The smallest absolute Gasteiger partial charge is 0.0101 e. The maximum absolute atomic E-state index is 3.52. The minimum atomic E-state index is 0.906. The number of hydrogen-bond acceptors (Lipinski definition) is 3. The molecule has 1 rings (SSSR count). The van der Waals surface area contributed by atoms with E-state index >= 15 is 0 Å². The molecule has 0 saturated carbocycles. The van der Waals surface area contributed by atoms with Crippen LogP contribution in [0.5, 0.6) is 0 Å². The van der Waals surface area contributed by atoms with Gasteiger partial charge in [-0.2, -0.15) is 0 Å². The molecule has 0 atom stereocenters. The van der Waals surface area contributed by atoms with Crippen molar-refractivity contribution in [2.24, 2.45) is 5.92 Å². The van der Waals surface area contributed by atoms with E-state index in [1.165, 1.54) is 32.5 Å². The van der Waals surface area contributed by atoms with Crippen LogP contribution in [0.3, 0.4) is 0 Å². The Bertz CT molecular complexity index is 119. The largest absolute Gasteiger partial charge is 0.317 e. The number of nitrogens with one attached hydrogen (secondary N) is 2. The first kappa shape index (κ1) is 11.0. The lowest BCUT2D eigenvalue weighted by atomic mass is 9.98. The molecule has 0 unspecified atom stereocenters. The first-order valence-corrected chi connectivity index (χ1v) is 5.35. The Morgan fingerprint density at radius 2 is 2.00 bits per heavy atom. The SMILES string of the molecule is CN(C)CCNCC1CCNCC1. The van der Waals surface area contributed by atoms with Crippen LogP contribution in [-0.2, 0) is 0 Å². The molecule has 0 amide bonds. The molecular formula is C10H23N3. The van der Waals surface area contributed by atoms with Crippen molar-refractivity contribution < 1.29 is 0 Å². The van der Waals surface area contributed by atoms with Gasteiger partial charge in [-0.05, 0) is 52.5 Å². The summed E-state index contributed by atoms with van der Waals surface area (Å²) in [5, 5.41) is 6.90. The summed E-state index contributed by atoms with van der Waals surface area (Å²) < 4.78 is 0. The minimum Gasteiger partial charge on any atom is -0.317 e. The van der Waals surface area contributed by atoms with E-state index in [2.05, 4.69) is 29.6 Å². The summed E-state index contributed by atoms with van der Waals surface area (Å²) in [6.45, 7) is 5.89. The number of rotatable bonds is 5. The van der Waals surface area contributed by atoms with E-state index in [1.54, 1.807) is 0 Å². The molecule has 0 aromatic carbocycles. The highest BCUT2D eigenvalue weighted by molar-refractivity contribution is 4.70. The van der Waals surface area contributed by atoms with E-state index in [-0.39, 0.29) is 0 Å². The molecule has 0 aromatic rings. The Morgan fingerprint density at radius 3 is 2.62 bits per heavy atom. The first-order chi connectivity index (χ1) is 6.29. The third kappa shape index (κ3) is 5.24. The highest BCUT2D eigenvalue weighted by Crippen LogP contribution is 2.09. The van der Waals surface area contributed by atoms with Gasteiger partial charge in [0.25, 0.3) is 0 Å². The van der Waals surface area contributed by atoms with E-state index in [0.717, 1.165) is 19.0 Å². The molecule has 0 aromatic heterocycles. The molecular weight excluding hydrogens is 162 g/mol. The summed E-state index contributed by atoms with van der Waals surface area (Å²) in [5.74, 6) is 0.906. The number of piperidine rings is 1. The Balaban J connectivity index is 1.92. The predicted octanol–water partition coefficient (Wildman–Crippen LogP) is 0.137. The molecule has 1 fully saturated rings. The van der Waals surface area contributed by atoms with Crippen molar-refractivity contribution in [3.63, 3.8) is 0 Å². The molecule has 1 aliphatic rings. The van der Waals surface area contributed by atoms with Crippen LogP contribution in [0.2, 0.25) is 0 Å². The quantitative estimate of drug-likeness (QED) is 0.597. The summed E-state index contributed by atoms with van der Waals surface area (Å²) in [6.07, 6.45) is 2.68. The van der Waals surface area contributed by atoms with Crippen LogP contribution in [0, 0.1) is 5.92 Å².